The summed E-state index contributed by atoms with van der Waals surface area (Å²) in [6.07, 6.45) is 3.07. The molecule has 1 aliphatic carbocycles. The van der Waals surface area contributed by atoms with Gasteiger partial charge in [-0.15, -0.1) is 0 Å². The largest absolute Gasteiger partial charge is 0.345 e. The average Bonchev–Trinajstić information content (AvgIpc) is 2.85. The number of nitrogens with zero attached hydrogens (tertiary/aromatic N) is 1. The van der Waals surface area contributed by atoms with Crippen LogP contribution in [0.2, 0.25) is 0 Å². The van der Waals surface area contributed by atoms with Crippen molar-refractivity contribution in [3.63, 3.8) is 0 Å². The molecule has 0 bridgehead atoms. The van der Waals surface area contributed by atoms with Gasteiger partial charge in [0.15, 0.2) is 9.84 Å². The fourth-order valence-corrected chi connectivity index (χ4v) is 3.70. The van der Waals surface area contributed by atoms with Crippen LogP contribution in [0.25, 0.3) is 0 Å². The second kappa shape index (κ2) is 5.11. The van der Waals surface area contributed by atoms with Gasteiger partial charge in [0.05, 0.1) is 12.3 Å². The van der Waals surface area contributed by atoms with Crippen molar-refractivity contribution in [2.45, 2.75) is 38.1 Å². The van der Waals surface area contributed by atoms with E-state index in [0.29, 0.717) is 12.8 Å². The molecule has 1 aliphatic heterocycles. The predicted molar refractivity (Wildman–Crippen MR) is 70.2 cm³/mol. The molecule has 2 amide bonds. The summed E-state index contributed by atoms with van der Waals surface area (Å²) in [5.41, 5.74) is -0.793. The first-order valence-electron chi connectivity index (χ1n) is 6.70. The Morgan fingerprint density at radius 2 is 1.89 bits per heavy atom. The summed E-state index contributed by atoms with van der Waals surface area (Å²) in [5.74, 6) is -0.301. The van der Waals surface area contributed by atoms with E-state index >= 15 is 0 Å². The first-order chi connectivity index (χ1) is 8.91. The summed E-state index contributed by atoms with van der Waals surface area (Å²) in [6.45, 7) is 1.70. The van der Waals surface area contributed by atoms with Gasteiger partial charge in [-0.05, 0) is 12.8 Å². The lowest BCUT2D eigenvalue weighted by molar-refractivity contribution is -0.153. The Balaban J connectivity index is 2.18. The van der Waals surface area contributed by atoms with Crippen LogP contribution in [0.1, 0.15) is 32.6 Å². The Hall–Kier alpha value is -1.11. The van der Waals surface area contributed by atoms with Gasteiger partial charge in [0.2, 0.25) is 11.8 Å². The SMILES string of the molecule is CCS(=O)(=O)CCN1C(=O)CNC(=O)C12CCCC2. The van der Waals surface area contributed by atoms with E-state index in [1.165, 1.54) is 4.90 Å². The van der Waals surface area contributed by atoms with Gasteiger partial charge in [0.25, 0.3) is 0 Å². The highest BCUT2D eigenvalue weighted by Crippen LogP contribution is 2.37. The summed E-state index contributed by atoms with van der Waals surface area (Å²) < 4.78 is 23.2. The van der Waals surface area contributed by atoms with Gasteiger partial charge in [-0.25, -0.2) is 8.42 Å². The van der Waals surface area contributed by atoms with Crippen LogP contribution in [0, 0.1) is 0 Å². The molecule has 2 aliphatic rings. The van der Waals surface area contributed by atoms with Crippen molar-refractivity contribution in [3.05, 3.63) is 0 Å². The molecule has 1 saturated heterocycles. The quantitative estimate of drug-likeness (QED) is 0.769. The number of amides is 2. The highest BCUT2D eigenvalue weighted by Gasteiger charge is 2.50. The Kier molecular flexibility index (Phi) is 3.85. The van der Waals surface area contributed by atoms with Gasteiger partial charge < -0.3 is 10.2 Å². The summed E-state index contributed by atoms with van der Waals surface area (Å²) in [7, 11) is -3.13. The van der Waals surface area contributed by atoms with Crippen molar-refractivity contribution in [2.24, 2.45) is 0 Å². The van der Waals surface area contributed by atoms with Crippen molar-refractivity contribution < 1.29 is 18.0 Å². The lowest BCUT2D eigenvalue weighted by Gasteiger charge is -2.43. The summed E-state index contributed by atoms with van der Waals surface area (Å²) in [4.78, 5) is 25.6. The standard InChI is InChI=1S/C12H20N2O4S/c1-2-19(17,18)8-7-14-10(15)9-13-11(16)12(14)5-3-4-6-12/h2-9H2,1H3,(H,13,16). The number of rotatable bonds is 4. The van der Waals surface area contributed by atoms with E-state index < -0.39 is 15.4 Å². The third-order valence-electron chi connectivity index (χ3n) is 4.14. The van der Waals surface area contributed by atoms with E-state index in [4.69, 9.17) is 0 Å². The minimum Gasteiger partial charge on any atom is -0.345 e. The highest BCUT2D eigenvalue weighted by molar-refractivity contribution is 7.91. The van der Waals surface area contributed by atoms with Crippen LogP contribution in [0.3, 0.4) is 0 Å². The molecular formula is C12H20N2O4S. The fourth-order valence-electron chi connectivity index (χ4n) is 2.95. The topological polar surface area (TPSA) is 83.6 Å². The Morgan fingerprint density at radius 3 is 2.47 bits per heavy atom. The second-order valence-electron chi connectivity index (χ2n) is 5.20. The Labute approximate surface area is 113 Å². The minimum atomic E-state index is -3.13. The van der Waals surface area contributed by atoms with E-state index in [1.54, 1.807) is 6.92 Å². The summed E-state index contributed by atoms with van der Waals surface area (Å²) in [5, 5.41) is 2.63. The molecule has 0 unspecified atom stereocenters. The number of carbonyl (C=O) groups is 2. The second-order valence-corrected chi connectivity index (χ2v) is 7.68. The Bertz CT molecular complexity index is 480. The lowest BCUT2D eigenvalue weighted by atomic mass is 9.91. The van der Waals surface area contributed by atoms with Crippen LogP contribution in [0.4, 0.5) is 0 Å². The molecule has 0 aromatic heterocycles. The maximum absolute atomic E-state index is 12.1. The zero-order valence-electron chi connectivity index (χ0n) is 11.1. The normalized spacial score (nSPS) is 22.9. The van der Waals surface area contributed by atoms with E-state index in [1.807, 2.05) is 0 Å². The van der Waals surface area contributed by atoms with Crippen LogP contribution < -0.4 is 5.32 Å². The van der Waals surface area contributed by atoms with Crippen molar-refractivity contribution in [2.75, 3.05) is 24.6 Å². The zero-order valence-corrected chi connectivity index (χ0v) is 12.0. The molecule has 0 aromatic carbocycles. The smallest absolute Gasteiger partial charge is 0.246 e. The van der Waals surface area contributed by atoms with Crippen LogP contribution >= 0.6 is 0 Å². The molecule has 7 heteroatoms. The number of nitrogens with one attached hydrogen (secondary N) is 1. The van der Waals surface area contributed by atoms with Gasteiger partial charge in [-0.2, -0.15) is 0 Å². The molecule has 19 heavy (non-hydrogen) atoms. The maximum atomic E-state index is 12.1. The summed E-state index contributed by atoms with van der Waals surface area (Å²) in [6, 6.07) is 0. The van der Waals surface area contributed by atoms with E-state index in [0.717, 1.165) is 12.8 Å². The number of piperazine rings is 1. The van der Waals surface area contributed by atoms with Gasteiger partial charge in [0, 0.05) is 12.3 Å². The Morgan fingerprint density at radius 1 is 1.26 bits per heavy atom. The van der Waals surface area contributed by atoms with Gasteiger partial charge in [-0.3, -0.25) is 9.59 Å². The number of hydrogen-bond donors (Lipinski definition) is 1. The molecule has 0 radical (unpaired) electrons. The first-order valence-corrected chi connectivity index (χ1v) is 8.53. The van der Waals surface area contributed by atoms with Crippen LogP contribution in [-0.4, -0.2) is 55.3 Å². The van der Waals surface area contributed by atoms with E-state index in [-0.39, 0.29) is 36.4 Å². The highest BCUT2D eigenvalue weighted by atomic mass is 32.2. The molecule has 0 aromatic rings. The van der Waals surface area contributed by atoms with Gasteiger partial charge in [-0.1, -0.05) is 19.8 Å². The molecule has 108 valence electrons. The lowest BCUT2D eigenvalue weighted by Crippen LogP contribution is -2.66. The number of sulfone groups is 1. The number of hydrogen-bond acceptors (Lipinski definition) is 4. The average molecular weight is 288 g/mol. The maximum Gasteiger partial charge on any atom is 0.246 e. The van der Waals surface area contributed by atoms with E-state index in [9.17, 15) is 18.0 Å². The third-order valence-corrected chi connectivity index (χ3v) is 5.82. The van der Waals surface area contributed by atoms with Crippen molar-refractivity contribution in [3.8, 4) is 0 Å². The van der Waals surface area contributed by atoms with E-state index in [2.05, 4.69) is 5.32 Å². The molecule has 2 fully saturated rings. The van der Waals surface area contributed by atoms with Crippen molar-refractivity contribution >= 4 is 21.7 Å². The monoisotopic (exact) mass is 288 g/mol. The molecule has 1 saturated carbocycles. The molecule has 6 nitrogen and oxygen atoms in total. The molecular weight excluding hydrogens is 268 g/mol. The van der Waals surface area contributed by atoms with Crippen molar-refractivity contribution in [1.82, 2.24) is 10.2 Å². The zero-order chi connectivity index (χ0) is 14.1. The first kappa shape index (κ1) is 14.3. The van der Waals surface area contributed by atoms with Gasteiger partial charge in [0.1, 0.15) is 5.54 Å². The molecule has 2 rings (SSSR count). The third kappa shape index (κ3) is 2.61. The molecule has 1 spiro atoms. The fraction of sp³-hybridized carbons (Fsp3) is 0.833. The summed E-state index contributed by atoms with van der Waals surface area (Å²) >= 11 is 0. The van der Waals surface area contributed by atoms with Crippen molar-refractivity contribution in [1.29, 1.82) is 0 Å². The minimum absolute atomic E-state index is 0.0211. The molecule has 1 N–H and O–H groups in total. The van der Waals surface area contributed by atoms with Gasteiger partial charge >= 0.3 is 0 Å². The molecule has 0 atom stereocenters. The number of carbonyl (C=O) groups excluding carboxylic acids is 2. The predicted octanol–water partition coefficient (Wildman–Crippen LogP) is -0.308. The molecule has 1 heterocycles. The van der Waals surface area contributed by atoms with Crippen LogP contribution in [0.5, 0.6) is 0 Å². The van der Waals surface area contributed by atoms with Crippen LogP contribution in [-0.2, 0) is 19.4 Å². The van der Waals surface area contributed by atoms with Crippen LogP contribution in [0.15, 0.2) is 0 Å².